The Morgan fingerprint density at radius 3 is 2.91 bits per heavy atom. The zero-order valence-corrected chi connectivity index (χ0v) is 7.71. The van der Waals surface area contributed by atoms with Gasteiger partial charge in [0, 0.05) is 19.1 Å². The first-order chi connectivity index (χ1) is 5.24. The Kier molecular flexibility index (Phi) is 3.34. The minimum absolute atomic E-state index is 0.581. The van der Waals surface area contributed by atoms with E-state index in [0.29, 0.717) is 6.04 Å². The molecule has 1 rings (SSSR count). The quantitative estimate of drug-likeness (QED) is 0.648. The molecule has 0 saturated carbocycles. The van der Waals surface area contributed by atoms with Crippen molar-refractivity contribution in [3.8, 4) is 0 Å². The third-order valence-electron chi connectivity index (χ3n) is 2.65. The molecule has 0 unspecified atom stereocenters. The highest BCUT2D eigenvalue weighted by molar-refractivity contribution is 4.74. The van der Waals surface area contributed by atoms with E-state index in [9.17, 15) is 0 Å². The van der Waals surface area contributed by atoms with Crippen molar-refractivity contribution in [2.45, 2.75) is 32.7 Å². The van der Waals surface area contributed by atoms with Crippen molar-refractivity contribution >= 4 is 0 Å². The molecule has 2 nitrogen and oxygen atoms in total. The van der Waals surface area contributed by atoms with Crippen LogP contribution in [-0.2, 0) is 0 Å². The monoisotopic (exact) mass is 156 g/mol. The molecule has 1 saturated heterocycles. The second kappa shape index (κ2) is 4.07. The molecule has 66 valence electrons. The van der Waals surface area contributed by atoms with Gasteiger partial charge in [0.2, 0.25) is 0 Å². The van der Waals surface area contributed by atoms with Crippen molar-refractivity contribution < 1.29 is 0 Å². The van der Waals surface area contributed by atoms with E-state index in [2.05, 4.69) is 18.7 Å². The molecule has 1 fully saturated rings. The largest absolute Gasteiger partial charge is 0.329 e. The molecule has 1 aliphatic heterocycles. The van der Waals surface area contributed by atoms with E-state index in [4.69, 9.17) is 5.73 Å². The van der Waals surface area contributed by atoms with Crippen LogP contribution in [-0.4, -0.2) is 30.6 Å². The Bertz CT molecular complexity index is 114. The van der Waals surface area contributed by atoms with Crippen molar-refractivity contribution in [2.75, 3.05) is 19.6 Å². The van der Waals surface area contributed by atoms with Crippen LogP contribution in [0.5, 0.6) is 0 Å². The van der Waals surface area contributed by atoms with Crippen LogP contribution in [0.3, 0.4) is 0 Å². The zero-order valence-electron chi connectivity index (χ0n) is 7.71. The van der Waals surface area contributed by atoms with Gasteiger partial charge >= 0.3 is 0 Å². The van der Waals surface area contributed by atoms with Crippen LogP contribution in [0.2, 0.25) is 0 Å². The molecule has 2 heteroatoms. The summed E-state index contributed by atoms with van der Waals surface area (Å²) >= 11 is 0. The molecule has 1 heterocycles. The lowest BCUT2D eigenvalue weighted by Gasteiger charge is -2.34. The van der Waals surface area contributed by atoms with Gasteiger partial charge in [0.15, 0.2) is 0 Å². The van der Waals surface area contributed by atoms with E-state index in [1.807, 2.05) is 0 Å². The topological polar surface area (TPSA) is 29.3 Å². The van der Waals surface area contributed by atoms with Crippen molar-refractivity contribution in [1.82, 2.24) is 4.90 Å². The molecule has 0 spiro atoms. The molecule has 2 atom stereocenters. The molecule has 0 aromatic carbocycles. The lowest BCUT2D eigenvalue weighted by atomic mass is 9.99. The van der Waals surface area contributed by atoms with Gasteiger partial charge in [-0.3, -0.25) is 4.90 Å². The third kappa shape index (κ3) is 2.46. The molecule has 0 radical (unpaired) electrons. The van der Waals surface area contributed by atoms with Crippen molar-refractivity contribution in [2.24, 2.45) is 11.7 Å². The summed E-state index contributed by atoms with van der Waals surface area (Å²) in [6, 6.07) is 0.581. The van der Waals surface area contributed by atoms with Gasteiger partial charge < -0.3 is 5.73 Å². The predicted octanol–water partition coefficient (Wildman–Crippen LogP) is 1.07. The smallest absolute Gasteiger partial charge is 0.0190 e. The van der Waals surface area contributed by atoms with Crippen LogP contribution >= 0.6 is 0 Å². The number of nitrogens with two attached hydrogens (primary N) is 1. The summed E-state index contributed by atoms with van der Waals surface area (Å²) in [5.74, 6) is 0.873. The lowest BCUT2D eigenvalue weighted by Crippen LogP contribution is -2.44. The number of rotatable bonds is 2. The molecule has 0 aromatic rings. The Morgan fingerprint density at radius 1 is 1.64 bits per heavy atom. The number of hydrogen-bond acceptors (Lipinski definition) is 2. The fourth-order valence-electron chi connectivity index (χ4n) is 1.78. The summed E-state index contributed by atoms with van der Waals surface area (Å²) in [7, 11) is 0. The molecule has 1 aliphatic rings. The molecule has 0 aromatic heterocycles. The Balaban J connectivity index is 2.33. The normalized spacial score (nSPS) is 30.3. The maximum absolute atomic E-state index is 5.61. The first kappa shape index (κ1) is 9.01. The molecule has 0 aliphatic carbocycles. The second-order valence-corrected chi connectivity index (χ2v) is 3.83. The van der Waals surface area contributed by atoms with E-state index >= 15 is 0 Å². The first-order valence-electron chi connectivity index (χ1n) is 4.68. The van der Waals surface area contributed by atoms with Crippen molar-refractivity contribution in [3.63, 3.8) is 0 Å². The molecule has 0 amide bonds. The van der Waals surface area contributed by atoms with Gasteiger partial charge in [-0.05, 0) is 32.2 Å². The average molecular weight is 156 g/mol. The Hall–Kier alpha value is -0.0800. The summed E-state index contributed by atoms with van der Waals surface area (Å²) in [6.45, 7) is 7.85. The minimum atomic E-state index is 0.581. The molecule has 11 heavy (non-hydrogen) atoms. The number of hydrogen-bond donors (Lipinski definition) is 1. The zero-order chi connectivity index (χ0) is 8.27. The minimum Gasteiger partial charge on any atom is -0.329 e. The van der Waals surface area contributed by atoms with Crippen LogP contribution < -0.4 is 5.73 Å². The second-order valence-electron chi connectivity index (χ2n) is 3.83. The number of nitrogens with zero attached hydrogens (tertiary/aromatic N) is 1. The van der Waals surface area contributed by atoms with Gasteiger partial charge in [-0.1, -0.05) is 6.92 Å². The van der Waals surface area contributed by atoms with Crippen molar-refractivity contribution in [1.29, 1.82) is 0 Å². The SMILES string of the molecule is C[C@H]1CCCN([C@H](C)CN)C1. The van der Waals surface area contributed by atoms with Crippen LogP contribution in [0.15, 0.2) is 0 Å². The van der Waals surface area contributed by atoms with Gasteiger partial charge in [-0.15, -0.1) is 0 Å². The van der Waals surface area contributed by atoms with Crippen LogP contribution in [0.4, 0.5) is 0 Å². The van der Waals surface area contributed by atoms with Gasteiger partial charge in [-0.25, -0.2) is 0 Å². The van der Waals surface area contributed by atoms with Crippen LogP contribution in [0.25, 0.3) is 0 Å². The van der Waals surface area contributed by atoms with Gasteiger partial charge in [0.05, 0.1) is 0 Å². The lowest BCUT2D eigenvalue weighted by molar-refractivity contribution is 0.142. The molecule has 2 N–H and O–H groups in total. The molecular formula is C9H20N2. The van der Waals surface area contributed by atoms with E-state index in [-0.39, 0.29) is 0 Å². The van der Waals surface area contributed by atoms with E-state index < -0.39 is 0 Å². The Labute approximate surface area is 69.8 Å². The highest BCUT2D eigenvalue weighted by atomic mass is 15.2. The fourth-order valence-corrected chi connectivity index (χ4v) is 1.78. The summed E-state index contributed by atoms with van der Waals surface area (Å²) in [4.78, 5) is 2.51. The molecular weight excluding hydrogens is 136 g/mol. The molecule has 0 bridgehead atoms. The summed E-state index contributed by atoms with van der Waals surface area (Å²) in [5, 5.41) is 0. The standard InChI is InChI=1S/C9H20N2/c1-8-4-3-5-11(7-8)9(2)6-10/h8-9H,3-7,10H2,1-2H3/t8-,9+/m0/s1. The number of likely N-dealkylation sites (tertiary alicyclic amines) is 1. The maximum Gasteiger partial charge on any atom is 0.0190 e. The maximum atomic E-state index is 5.61. The average Bonchev–Trinajstić information content (AvgIpc) is 2.03. The van der Waals surface area contributed by atoms with E-state index in [1.54, 1.807) is 0 Å². The predicted molar refractivity (Wildman–Crippen MR) is 48.5 cm³/mol. The summed E-state index contributed by atoms with van der Waals surface area (Å²) in [5.41, 5.74) is 5.61. The highest BCUT2D eigenvalue weighted by Crippen LogP contribution is 2.16. The number of piperidine rings is 1. The summed E-state index contributed by atoms with van der Waals surface area (Å²) < 4.78 is 0. The van der Waals surface area contributed by atoms with E-state index in [1.165, 1.54) is 25.9 Å². The first-order valence-corrected chi connectivity index (χ1v) is 4.68. The fraction of sp³-hybridized carbons (Fsp3) is 1.00. The Morgan fingerprint density at radius 2 is 2.36 bits per heavy atom. The van der Waals surface area contributed by atoms with Gasteiger partial charge in [-0.2, -0.15) is 0 Å². The van der Waals surface area contributed by atoms with Crippen LogP contribution in [0, 0.1) is 5.92 Å². The summed E-state index contributed by atoms with van der Waals surface area (Å²) in [6.07, 6.45) is 2.75. The van der Waals surface area contributed by atoms with Crippen molar-refractivity contribution in [3.05, 3.63) is 0 Å². The highest BCUT2D eigenvalue weighted by Gasteiger charge is 2.19. The third-order valence-corrected chi connectivity index (χ3v) is 2.65. The van der Waals surface area contributed by atoms with Gasteiger partial charge in [0.1, 0.15) is 0 Å². The van der Waals surface area contributed by atoms with E-state index in [0.717, 1.165) is 12.5 Å². The van der Waals surface area contributed by atoms with Gasteiger partial charge in [0.25, 0.3) is 0 Å². The van der Waals surface area contributed by atoms with Crippen LogP contribution in [0.1, 0.15) is 26.7 Å².